The third-order valence-corrected chi connectivity index (χ3v) is 4.83. The molecule has 1 heterocycles. The van der Waals surface area contributed by atoms with Crippen LogP contribution in [0.2, 0.25) is 0 Å². The average Bonchev–Trinajstić information content (AvgIpc) is 3.14. The number of nitrogens with zero attached hydrogens (tertiary/aromatic N) is 2. The average molecular weight is 316 g/mol. The largest absolute Gasteiger partial charge is 0.444 e. The fourth-order valence-corrected chi connectivity index (χ4v) is 3.74. The molecule has 0 spiro atoms. The van der Waals surface area contributed by atoms with Gasteiger partial charge in [-0.25, -0.2) is 9.18 Å². The molecule has 0 aromatic heterocycles. The molecule has 3 atom stereocenters. The minimum atomic E-state index is -0.593. The summed E-state index contributed by atoms with van der Waals surface area (Å²) in [6.07, 6.45) is 0.447. The van der Waals surface area contributed by atoms with Crippen LogP contribution in [0.4, 0.5) is 9.18 Å². The number of fused-ring (bicyclic) bond motifs is 1. The van der Waals surface area contributed by atoms with Crippen molar-refractivity contribution in [1.82, 2.24) is 4.90 Å². The number of hydrogen-bond acceptors (Lipinski definition) is 3. The van der Waals surface area contributed by atoms with Gasteiger partial charge in [-0.1, -0.05) is 12.1 Å². The van der Waals surface area contributed by atoms with Crippen molar-refractivity contribution in [2.75, 3.05) is 13.1 Å². The molecule has 0 N–H and O–H groups in total. The smallest absolute Gasteiger partial charge is 0.410 e. The molecule has 4 nitrogen and oxygen atoms in total. The molecule has 1 saturated heterocycles. The fraction of sp³-hybridized carbons (Fsp3) is 0.556. The summed E-state index contributed by atoms with van der Waals surface area (Å²) in [5.74, 6) is 0.0247. The van der Waals surface area contributed by atoms with Gasteiger partial charge in [0, 0.05) is 19.0 Å². The summed E-state index contributed by atoms with van der Waals surface area (Å²) in [6.45, 7) is 6.64. The van der Waals surface area contributed by atoms with Crippen LogP contribution in [0.3, 0.4) is 0 Å². The van der Waals surface area contributed by atoms with Gasteiger partial charge in [-0.2, -0.15) is 5.26 Å². The van der Waals surface area contributed by atoms with Crippen LogP contribution in [-0.4, -0.2) is 29.7 Å². The van der Waals surface area contributed by atoms with Crippen molar-refractivity contribution in [3.63, 3.8) is 0 Å². The lowest BCUT2D eigenvalue weighted by Gasteiger charge is -2.29. The highest BCUT2D eigenvalue weighted by Crippen LogP contribution is 2.63. The Morgan fingerprint density at radius 2 is 2.00 bits per heavy atom. The van der Waals surface area contributed by atoms with Gasteiger partial charge in [-0.05, 0) is 50.8 Å². The quantitative estimate of drug-likeness (QED) is 0.797. The predicted octanol–water partition coefficient (Wildman–Crippen LogP) is 3.47. The van der Waals surface area contributed by atoms with E-state index in [2.05, 4.69) is 6.07 Å². The Morgan fingerprint density at radius 1 is 1.35 bits per heavy atom. The van der Waals surface area contributed by atoms with E-state index in [0.717, 1.165) is 12.0 Å². The Balaban J connectivity index is 1.76. The highest BCUT2D eigenvalue weighted by Gasteiger charge is 2.67. The molecule has 1 aliphatic heterocycles. The molecule has 23 heavy (non-hydrogen) atoms. The topological polar surface area (TPSA) is 53.3 Å². The number of halogens is 1. The van der Waals surface area contributed by atoms with Gasteiger partial charge in [0.25, 0.3) is 0 Å². The number of ether oxygens (including phenoxy) is 1. The maximum atomic E-state index is 13.1. The first kappa shape index (κ1) is 15.8. The van der Waals surface area contributed by atoms with Gasteiger partial charge in [0.1, 0.15) is 11.4 Å². The maximum absolute atomic E-state index is 13.1. The van der Waals surface area contributed by atoms with Crippen molar-refractivity contribution in [3.05, 3.63) is 35.6 Å². The first-order chi connectivity index (χ1) is 10.8. The molecule has 3 unspecified atom stereocenters. The lowest BCUT2D eigenvalue weighted by molar-refractivity contribution is 0.0207. The summed E-state index contributed by atoms with van der Waals surface area (Å²) in [7, 11) is 0. The molecule has 122 valence electrons. The van der Waals surface area contributed by atoms with E-state index in [1.165, 1.54) is 12.1 Å². The van der Waals surface area contributed by atoms with Gasteiger partial charge in [0.05, 0.1) is 11.5 Å². The summed E-state index contributed by atoms with van der Waals surface area (Å²) in [6, 6.07) is 8.60. The predicted molar refractivity (Wildman–Crippen MR) is 83.1 cm³/mol. The van der Waals surface area contributed by atoms with Crippen LogP contribution in [0.15, 0.2) is 24.3 Å². The second-order valence-electron chi connectivity index (χ2n) is 7.42. The third kappa shape index (κ3) is 2.67. The van der Waals surface area contributed by atoms with E-state index in [9.17, 15) is 14.4 Å². The molecule has 2 aliphatic rings. The Morgan fingerprint density at radius 3 is 2.57 bits per heavy atom. The van der Waals surface area contributed by atoms with Crippen molar-refractivity contribution < 1.29 is 13.9 Å². The maximum Gasteiger partial charge on any atom is 0.410 e. The highest BCUT2D eigenvalue weighted by atomic mass is 19.1. The standard InChI is InChI=1S/C18H21FN2O2/c1-17(2,3)23-16(22)21-9-8-14-15(10-21)18(14,11-20)12-4-6-13(19)7-5-12/h4-7,14-15H,8-10H2,1-3H3. The van der Waals surface area contributed by atoms with Crippen LogP contribution in [0.5, 0.6) is 0 Å². The fourth-order valence-electron chi connectivity index (χ4n) is 3.74. The zero-order valence-corrected chi connectivity index (χ0v) is 13.7. The number of hydrogen-bond donors (Lipinski definition) is 0. The minimum Gasteiger partial charge on any atom is -0.444 e. The molecule has 5 heteroatoms. The number of rotatable bonds is 1. The second kappa shape index (κ2) is 5.23. The normalized spacial score (nSPS) is 29.4. The first-order valence-corrected chi connectivity index (χ1v) is 7.93. The highest BCUT2D eigenvalue weighted by molar-refractivity contribution is 5.68. The number of likely N-dealkylation sites (tertiary alicyclic amines) is 1. The van der Waals surface area contributed by atoms with E-state index in [4.69, 9.17) is 4.74 Å². The number of carbonyl (C=O) groups excluding carboxylic acids is 1. The number of amides is 1. The van der Waals surface area contributed by atoms with Crippen LogP contribution < -0.4 is 0 Å². The van der Waals surface area contributed by atoms with Crippen LogP contribution in [0.1, 0.15) is 32.8 Å². The SMILES string of the molecule is CC(C)(C)OC(=O)N1CCC2C(C1)C2(C#N)c1ccc(F)cc1. The van der Waals surface area contributed by atoms with E-state index in [-0.39, 0.29) is 23.7 Å². The summed E-state index contributed by atoms with van der Waals surface area (Å²) >= 11 is 0. The summed E-state index contributed by atoms with van der Waals surface area (Å²) in [4.78, 5) is 13.9. The molecular formula is C18H21FN2O2. The van der Waals surface area contributed by atoms with Crippen LogP contribution >= 0.6 is 0 Å². The second-order valence-corrected chi connectivity index (χ2v) is 7.42. The lowest BCUT2D eigenvalue weighted by atomic mass is 9.93. The summed E-state index contributed by atoms with van der Waals surface area (Å²) in [5.41, 5.74) is -0.270. The molecule has 0 radical (unpaired) electrons. The minimum absolute atomic E-state index is 0.0965. The Bertz CT molecular complexity index is 659. The number of piperidine rings is 1. The zero-order valence-electron chi connectivity index (χ0n) is 13.7. The Labute approximate surface area is 135 Å². The van der Waals surface area contributed by atoms with Crippen molar-refractivity contribution >= 4 is 6.09 Å². The summed E-state index contributed by atoms with van der Waals surface area (Å²) in [5, 5.41) is 9.74. The van der Waals surface area contributed by atoms with Crippen molar-refractivity contribution in [2.45, 2.75) is 38.2 Å². The van der Waals surface area contributed by atoms with E-state index < -0.39 is 11.0 Å². The van der Waals surface area contributed by atoms with Crippen molar-refractivity contribution in [1.29, 1.82) is 5.26 Å². The molecular weight excluding hydrogens is 295 g/mol. The van der Waals surface area contributed by atoms with E-state index in [1.54, 1.807) is 17.0 Å². The van der Waals surface area contributed by atoms with Gasteiger partial charge in [0.15, 0.2) is 0 Å². The number of benzene rings is 1. The number of carbonyl (C=O) groups is 1. The lowest BCUT2D eigenvalue weighted by Crippen LogP contribution is -2.40. The Hall–Kier alpha value is -2.09. The zero-order chi connectivity index (χ0) is 16.8. The van der Waals surface area contributed by atoms with E-state index in [1.807, 2.05) is 20.8 Å². The third-order valence-electron chi connectivity index (χ3n) is 4.83. The monoisotopic (exact) mass is 316 g/mol. The van der Waals surface area contributed by atoms with Crippen molar-refractivity contribution in [2.24, 2.45) is 11.8 Å². The van der Waals surface area contributed by atoms with Gasteiger partial charge in [-0.3, -0.25) is 0 Å². The molecule has 3 rings (SSSR count). The van der Waals surface area contributed by atoms with Crippen molar-refractivity contribution in [3.8, 4) is 6.07 Å². The van der Waals surface area contributed by atoms with Gasteiger partial charge in [0.2, 0.25) is 0 Å². The molecule has 1 aromatic rings. The van der Waals surface area contributed by atoms with Crippen LogP contribution in [0.25, 0.3) is 0 Å². The Kier molecular flexibility index (Phi) is 3.59. The molecule has 1 aliphatic carbocycles. The molecule has 2 fully saturated rings. The molecule has 1 saturated carbocycles. The van der Waals surface area contributed by atoms with Gasteiger partial charge >= 0.3 is 6.09 Å². The molecule has 1 amide bonds. The van der Waals surface area contributed by atoms with Crippen LogP contribution in [-0.2, 0) is 10.2 Å². The van der Waals surface area contributed by atoms with Crippen LogP contribution in [0, 0.1) is 29.0 Å². The molecule has 0 bridgehead atoms. The number of nitriles is 1. The first-order valence-electron chi connectivity index (χ1n) is 7.93. The van der Waals surface area contributed by atoms with Gasteiger partial charge in [-0.15, -0.1) is 0 Å². The molecule has 1 aromatic carbocycles. The van der Waals surface area contributed by atoms with E-state index >= 15 is 0 Å². The van der Waals surface area contributed by atoms with E-state index in [0.29, 0.717) is 13.1 Å². The summed E-state index contributed by atoms with van der Waals surface area (Å²) < 4.78 is 18.6. The van der Waals surface area contributed by atoms with Gasteiger partial charge < -0.3 is 9.64 Å².